The maximum atomic E-state index is 12.7. The molecule has 0 unspecified atom stereocenters. The molecule has 10 nitrogen and oxygen atoms in total. The molecule has 1 fully saturated rings. The summed E-state index contributed by atoms with van der Waals surface area (Å²) in [6, 6.07) is 11.8. The first-order valence-electron chi connectivity index (χ1n) is 12.1. The number of sulfonamides is 2. The average Bonchev–Trinajstić information content (AvgIpc) is 2.86. The Bertz CT molecular complexity index is 1270. The maximum absolute atomic E-state index is 12.7. The lowest BCUT2D eigenvalue weighted by Crippen LogP contribution is -2.40. The van der Waals surface area contributed by atoms with E-state index in [4.69, 9.17) is 9.47 Å². The van der Waals surface area contributed by atoms with Gasteiger partial charge in [-0.25, -0.2) is 16.8 Å². The topological polar surface area (TPSA) is 122 Å². The molecule has 0 atom stereocenters. The number of nitrogens with one attached hydrogen (secondary N) is 1. The van der Waals surface area contributed by atoms with Crippen molar-refractivity contribution in [3.8, 4) is 5.75 Å². The highest BCUT2D eigenvalue weighted by molar-refractivity contribution is 7.92. The van der Waals surface area contributed by atoms with Crippen LogP contribution in [0.15, 0.2) is 47.4 Å². The summed E-state index contributed by atoms with van der Waals surface area (Å²) in [5, 5.41) is 2.76. The standard InChI is InChI=1S/C25H35N3O7S2/c1-20-6-7-21(2)24(19-20)28(36(3,30)31)13-4-5-25(29)26-12-16-35-22-8-10-23(11-9-22)37(32,33)27-14-17-34-18-15-27/h6-11,19H,4-5,12-18H2,1-3H3,(H,26,29). The van der Waals surface area contributed by atoms with Crippen molar-refractivity contribution in [3.05, 3.63) is 53.6 Å². The van der Waals surface area contributed by atoms with Gasteiger partial charge in [-0.2, -0.15) is 4.31 Å². The molecule has 0 aromatic heterocycles. The Morgan fingerprint density at radius 1 is 1.05 bits per heavy atom. The Labute approximate surface area is 219 Å². The normalized spacial score (nSPS) is 14.8. The molecule has 0 saturated carbocycles. The van der Waals surface area contributed by atoms with Gasteiger partial charge in [-0.05, 0) is 61.7 Å². The molecular formula is C25H35N3O7S2. The Kier molecular flexibility index (Phi) is 9.93. The molecule has 1 N–H and O–H groups in total. The van der Waals surface area contributed by atoms with E-state index in [9.17, 15) is 21.6 Å². The molecule has 1 aliphatic rings. The number of carbonyl (C=O) groups excluding carboxylic acids is 1. The first-order valence-corrected chi connectivity index (χ1v) is 15.4. The molecule has 1 heterocycles. The third-order valence-corrected chi connectivity index (χ3v) is 9.02. The van der Waals surface area contributed by atoms with E-state index in [1.807, 2.05) is 32.0 Å². The molecule has 2 aromatic rings. The largest absolute Gasteiger partial charge is 0.492 e. The summed E-state index contributed by atoms with van der Waals surface area (Å²) < 4.78 is 63.6. The highest BCUT2D eigenvalue weighted by Gasteiger charge is 2.26. The number of hydrogen-bond donors (Lipinski definition) is 1. The first-order chi connectivity index (χ1) is 17.5. The van der Waals surface area contributed by atoms with Gasteiger partial charge < -0.3 is 14.8 Å². The highest BCUT2D eigenvalue weighted by Crippen LogP contribution is 2.24. The van der Waals surface area contributed by atoms with E-state index >= 15 is 0 Å². The van der Waals surface area contributed by atoms with Crippen LogP contribution in [-0.2, 0) is 29.6 Å². The smallest absolute Gasteiger partial charge is 0.243 e. The van der Waals surface area contributed by atoms with Crippen LogP contribution in [0.25, 0.3) is 0 Å². The van der Waals surface area contributed by atoms with E-state index in [1.54, 1.807) is 12.1 Å². The lowest BCUT2D eigenvalue weighted by Gasteiger charge is -2.26. The van der Waals surface area contributed by atoms with Gasteiger partial charge in [-0.3, -0.25) is 9.10 Å². The number of benzene rings is 2. The second kappa shape index (κ2) is 12.7. The van der Waals surface area contributed by atoms with E-state index in [0.717, 1.165) is 17.4 Å². The maximum Gasteiger partial charge on any atom is 0.243 e. The number of anilines is 1. The van der Waals surface area contributed by atoms with Gasteiger partial charge in [0.05, 0.1) is 36.6 Å². The van der Waals surface area contributed by atoms with Crippen LogP contribution in [0.3, 0.4) is 0 Å². The van der Waals surface area contributed by atoms with Gasteiger partial charge in [-0.15, -0.1) is 0 Å². The summed E-state index contributed by atoms with van der Waals surface area (Å²) in [4.78, 5) is 12.4. The van der Waals surface area contributed by atoms with Crippen molar-refractivity contribution in [3.63, 3.8) is 0 Å². The van der Waals surface area contributed by atoms with Crippen LogP contribution in [0.5, 0.6) is 5.75 Å². The summed E-state index contributed by atoms with van der Waals surface area (Å²) in [6.07, 6.45) is 1.70. The Morgan fingerprint density at radius 2 is 1.73 bits per heavy atom. The molecule has 204 valence electrons. The molecule has 1 amide bonds. The monoisotopic (exact) mass is 553 g/mol. The number of amides is 1. The van der Waals surface area contributed by atoms with Crippen molar-refractivity contribution in [1.29, 1.82) is 0 Å². The highest BCUT2D eigenvalue weighted by atomic mass is 32.2. The van der Waals surface area contributed by atoms with Gasteiger partial charge in [0.2, 0.25) is 26.0 Å². The van der Waals surface area contributed by atoms with Crippen molar-refractivity contribution in [2.24, 2.45) is 0 Å². The zero-order valence-corrected chi connectivity index (χ0v) is 23.1. The lowest BCUT2D eigenvalue weighted by molar-refractivity contribution is -0.121. The van der Waals surface area contributed by atoms with Crippen LogP contribution in [0.1, 0.15) is 24.0 Å². The van der Waals surface area contributed by atoms with Crippen molar-refractivity contribution < 1.29 is 31.1 Å². The Balaban J connectivity index is 1.42. The molecule has 3 rings (SSSR count). The van der Waals surface area contributed by atoms with E-state index in [2.05, 4.69) is 5.32 Å². The van der Waals surface area contributed by atoms with E-state index in [1.165, 1.54) is 20.7 Å². The fourth-order valence-electron chi connectivity index (χ4n) is 3.93. The summed E-state index contributed by atoms with van der Waals surface area (Å²) in [6.45, 7) is 5.86. The van der Waals surface area contributed by atoms with Gasteiger partial charge in [-0.1, -0.05) is 12.1 Å². The van der Waals surface area contributed by atoms with Crippen LogP contribution in [0.2, 0.25) is 0 Å². The van der Waals surface area contributed by atoms with E-state index < -0.39 is 20.0 Å². The SMILES string of the molecule is Cc1ccc(C)c(N(CCCC(=O)NCCOc2ccc(S(=O)(=O)N3CCOCC3)cc2)S(C)(=O)=O)c1. The van der Waals surface area contributed by atoms with E-state index in [-0.39, 0.29) is 36.9 Å². The molecule has 0 spiro atoms. The molecule has 0 aliphatic carbocycles. The van der Waals surface area contributed by atoms with Gasteiger partial charge in [0, 0.05) is 26.1 Å². The molecule has 37 heavy (non-hydrogen) atoms. The molecular weight excluding hydrogens is 518 g/mol. The summed E-state index contributed by atoms with van der Waals surface area (Å²) in [5.74, 6) is 0.289. The number of ether oxygens (including phenoxy) is 2. The summed E-state index contributed by atoms with van der Waals surface area (Å²) in [5.41, 5.74) is 2.43. The minimum atomic E-state index is -3.56. The molecule has 2 aromatic carbocycles. The predicted molar refractivity (Wildman–Crippen MR) is 142 cm³/mol. The second-order valence-electron chi connectivity index (χ2n) is 8.91. The summed E-state index contributed by atoms with van der Waals surface area (Å²) in [7, 11) is -7.05. The number of hydrogen-bond acceptors (Lipinski definition) is 7. The zero-order chi connectivity index (χ0) is 27.1. The Hall–Kier alpha value is -2.67. The quantitative estimate of drug-likeness (QED) is 0.399. The van der Waals surface area contributed by atoms with Crippen LogP contribution < -0.4 is 14.4 Å². The molecule has 1 aliphatic heterocycles. The van der Waals surface area contributed by atoms with E-state index in [0.29, 0.717) is 44.2 Å². The third-order valence-electron chi connectivity index (χ3n) is 5.92. The fraction of sp³-hybridized carbons (Fsp3) is 0.480. The molecule has 12 heteroatoms. The van der Waals surface area contributed by atoms with Crippen LogP contribution in [0, 0.1) is 13.8 Å². The predicted octanol–water partition coefficient (Wildman–Crippen LogP) is 2.07. The van der Waals surface area contributed by atoms with Crippen molar-refractivity contribution in [2.45, 2.75) is 31.6 Å². The minimum absolute atomic E-state index is 0.172. The number of nitrogens with zero attached hydrogens (tertiary/aromatic N) is 2. The van der Waals surface area contributed by atoms with Crippen LogP contribution in [0.4, 0.5) is 5.69 Å². The number of aryl methyl sites for hydroxylation is 2. The molecule has 0 bridgehead atoms. The minimum Gasteiger partial charge on any atom is -0.492 e. The van der Waals surface area contributed by atoms with Gasteiger partial charge in [0.25, 0.3) is 0 Å². The van der Waals surface area contributed by atoms with Crippen LogP contribution in [-0.4, -0.2) is 79.3 Å². The number of carbonyl (C=O) groups is 1. The zero-order valence-electron chi connectivity index (χ0n) is 21.5. The fourth-order valence-corrected chi connectivity index (χ4v) is 6.35. The van der Waals surface area contributed by atoms with Crippen LogP contribution >= 0.6 is 0 Å². The van der Waals surface area contributed by atoms with Crippen molar-refractivity contribution >= 4 is 31.6 Å². The second-order valence-corrected chi connectivity index (χ2v) is 12.8. The number of rotatable bonds is 12. The third kappa shape index (κ3) is 8.16. The first kappa shape index (κ1) is 28.9. The molecule has 0 radical (unpaired) electrons. The Morgan fingerprint density at radius 3 is 2.38 bits per heavy atom. The van der Waals surface area contributed by atoms with Gasteiger partial charge >= 0.3 is 0 Å². The lowest BCUT2D eigenvalue weighted by atomic mass is 10.1. The summed E-state index contributed by atoms with van der Waals surface area (Å²) >= 11 is 0. The van der Waals surface area contributed by atoms with Crippen molar-refractivity contribution in [2.75, 3.05) is 56.6 Å². The van der Waals surface area contributed by atoms with Gasteiger partial charge in [0.15, 0.2) is 0 Å². The average molecular weight is 554 g/mol. The van der Waals surface area contributed by atoms with Crippen molar-refractivity contribution in [1.82, 2.24) is 9.62 Å². The number of morpholine rings is 1. The molecule has 1 saturated heterocycles. The van der Waals surface area contributed by atoms with Gasteiger partial charge in [0.1, 0.15) is 12.4 Å².